The minimum atomic E-state index is -0.558. The molecule has 1 aliphatic carbocycles. The Labute approximate surface area is 105 Å². The van der Waals surface area contributed by atoms with Crippen molar-refractivity contribution in [2.45, 2.75) is 25.3 Å². The first-order valence-electron chi connectivity index (χ1n) is 6.17. The summed E-state index contributed by atoms with van der Waals surface area (Å²) in [4.78, 5) is 11.7. The Bertz CT molecular complexity index is 433. The first-order chi connectivity index (χ1) is 8.66. The molecule has 0 aliphatic heterocycles. The van der Waals surface area contributed by atoms with Gasteiger partial charge in [0.05, 0.1) is 5.56 Å². The molecule has 1 aromatic carbocycles. The predicted molar refractivity (Wildman–Crippen MR) is 66.0 cm³/mol. The molecule has 0 unspecified atom stereocenters. The van der Waals surface area contributed by atoms with Crippen molar-refractivity contribution >= 4 is 5.91 Å². The third-order valence-corrected chi connectivity index (χ3v) is 2.85. The topological polar surface area (TPSA) is 61.4 Å². The molecule has 2 rings (SSSR count). The molecule has 0 atom stereocenters. The third-order valence-electron chi connectivity index (χ3n) is 2.85. The molecule has 3 N–H and O–H groups in total. The number of hydrogen-bond acceptors (Lipinski definition) is 3. The minimum absolute atomic E-state index is 0.103. The predicted octanol–water partition coefficient (Wildman–Crippen LogP) is 1.40. The molecule has 4 nitrogen and oxygen atoms in total. The summed E-state index contributed by atoms with van der Waals surface area (Å²) in [6, 6.07) is 4.04. The van der Waals surface area contributed by atoms with Gasteiger partial charge in [-0.2, -0.15) is 0 Å². The van der Waals surface area contributed by atoms with Gasteiger partial charge in [-0.3, -0.25) is 4.79 Å². The highest BCUT2D eigenvalue weighted by Crippen LogP contribution is 2.18. The zero-order valence-corrected chi connectivity index (χ0v) is 10.1. The van der Waals surface area contributed by atoms with Crippen molar-refractivity contribution in [3.05, 3.63) is 29.6 Å². The second-order valence-corrected chi connectivity index (χ2v) is 4.50. The summed E-state index contributed by atoms with van der Waals surface area (Å²) in [7, 11) is 0. The first-order valence-corrected chi connectivity index (χ1v) is 6.17. The maximum atomic E-state index is 12.7. The second kappa shape index (κ2) is 5.82. The highest BCUT2D eigenvalue weighted by Gasteiger charge is 2.19. The summed E-state index contributed by atoms with van der Waals surface area (Å²) in [6.45, 7) is 1.41. The van der Waals surface area contributed by atoms with Crippen molar-refractivity contribution in [3.63, 3.8) is 0 Å². The SMILES string of the molecule is O=C(NCCCNC1CC1)c1ccc(F)cc1O. The maximum absolute atomic E-state index is 12.7. The van der Waals surface area contributed by atoms with E-state index in [1.807, 2.05) is 0 Å². The van der Waals surface area contributed by atoms with Crippen LogP contribution in [0.25, 0.3) is 0 Å². The average Bonchev–Trinajstić information content (AvgIpc) is 3.12. The van der Waals surface area contributed by atoms with Crippen LogP contribution in [0.4, 0.5) is 4.39 Å². The number of rotatable bonds is 6. The van der Waals surface area contributed by atoms with Gasteiger partial charge in [0.1, 0.15) is 11.6 Å². The van der Waals surface area contributed by atoms with Crippen LogP contribution >= 0.6 is 0 Å². The smallest absolute Gasteiger partial charge is 0.255 e. The van der Waals surface area contributed by atoms with Gasteiger partial charge >= 0.3 is 0 Å². The molecular formula is C13H17FN2O2. The fourth-order valence-corrected chi connectivity index (χ4v) is 1.68. The fourth-order valence-electron chi connectivity index (χ4n) is 1.68. The maximum Gasteiger partial charge on any atom is 0.255 e. The summed E-state index contributed by atoms with van der Waals surface area (Å²) in [5, 5.41) is 15.5. The van der Waals surface area contributed by atoms with Crippen LogP contribution < -0.4 is 10.6 Å². The van der Waals surface area contributed by atoms with E-state index in [2.05, 4.69) is 10.6 Å². The van der Waals surface area contributed by atoms with Crippen LogP contribution in [0.15, 0.2) is 18.2 Å². The van der Waals surface area contributed by atoms with E-state index in [0.29, 0.717) is 12.6 Å². The molecule has 1 aliphatic rings. The van der Waals surface area contributed by atoms with Crippen LogP contribution in [0.1, 0.15) is 29.6 Å². The number of aromatic hydroxyl groups is 1. The van der Waals surface area contributed by atoms with Gasteiger partial charge in [-0.25, -0.2) is 4.39 Å². The van der Waals surface area contributed by atoms with Crippen molar-refractivity contribution in [1.29, 1.82) is 0 Å². The van der Waals surface area contributed by atoms with Crippen molar-refractivity contribution in [2.24, 2.45) is 0 Å². The zero-order chi connectivity index (χ0) is 13.0. The minimum Gasteiger partial charge on any atom is -0.507 e. The highest BCUT2D eigenvalue weighted by molar-refractivity contribution is 5.96. The number of nitrogens with one attached hydrogen (secondary N) is 2. The highest BCUT2D eigenvalue weighted by atomic mass is 19.1. The number of carbonyl (C=O) groups is 1. The third kappa shape index (κ3) is 3.70. The number of amides is 1. The number of phenolic OH excluding ortho intramolecular Hbond substituents is 1. The Morgan fingerprint density at radius 1 is 1.39 bits per heavy atom. The van der Waals surface area contributed by atoms with Crippen molar-refractivity contribution in [2.75, 3.05) is 13.1 Å². The molecular weight excluding hydrogens is 235 g/mol. The molecule has 1 saturated carbocycles. The number of carbonyl (C=O) groups excluding carboxylic acids is 1. The Balaban J connectivity index is 1.72. The van der Waals surface area contributed by atoms with Crippen LogP contribution in [-0.2, 0) is 0 Å². The van der Waals surface area contributed by atoms with E-state index in [0.717, 1.165) is 25.1 Å². The lowest BCUT2D eigenvalue weighted by Gasteiger charge is -2.07. The Morgan fingerprint density at radius 2 is 2.17 bits per heavy atom. The van der Waals surface area contributed by atoms with E-state index in [1.165, 1.54) is 18.9 Å². The molecule has 0 saturated heterocycles. The van der Waals surface area contributed by atoms with E-state index in [-0.39, 0.29) is 17.2 Å². The summed E-state index contributed by atoms with van der Waals surface area (Å²) in [6.07, 6.45) is 3.33. The van der Waals surface area contributed by atoms with Gasteiger partial charge in [-0.1, -0.05) is 0 Å². The molecule has 5 heteroatoms. The molecule has 18 heavy (non-hydrogen) atoms. The van der Waals surface area contributed by atoms with E-state index in [1.54, 1.807) is 0 Å². The number of hydrogen-bond donors (Lipinski definition) is 3. The summed E-state index contributed by atoms with van der Waals surface area (Å²) >= 11 is 0. The van der Waals surface area contributed by atoms with E-state index in [9.17, 15) is 14.3 Å². The Morgan fingerprint density at radius 3 is 2.83 bits per heavy atom. The lowest BCUT2D eigenvalue weighted by Crippen LogP contribution is -2.28. The van der Waals surface area contributed by atoms with E-state index < -0.39 is 5.82 Å². The van der Waals surface area contributed by atoms with Crippen LogP contribution in [0.3, 0.4) is 0 Å². The van der Waals surface area contributed by atoms with Gasteiger partial charge in [-0.05, 0) is 37.9 Å². The molecule has 1 fully saturated rings. The van der Waals surface area contributed by atoms with E-state index >= 15 is 0 Å². The Hall–Kier alpha value is -1.62. The molecule has 0 spiro atoms. The van der Waals surface area contributed by atoms with Crippen LogP contribution in [0.5, 0.6) is 5.75 Å². The van der Waals surface area contributed by atoms with Gasteiger partial charge in [-0.15, -0.1) is 0 Å². The van der Waals surface area contributed by atoms with Crippen molar-refractivity contribution < 1.29 is 14.3 Å². The first kappa shape index (κ1) is 12.8. The molecule has 0 radical (unpaired) electrons. The fraction of sp³-hybridized carbons (Fsp3) is 0.462. The summed E-state index contributed by atoms with van der Waals surface area (Å²) in [5.41, 5.74) is 0.103. The van der Waals surface area contributed by atoms with Crippen molar-refractivity contribution in [3.8, 4) is 5.75 Å². The number of phenols is 1. The normalized spacial score (nSPS) is 14.5. The Kier molecular flexibility index (Phi) is 4.15. The zero-order valence-electron chi connectivity index (χ0n) is 10.1. The van der Waals surface area contributed by atoms with Gasteiger partial charge in [0.25, 0.3) is 5.91 Å². The van der Waals surface area contributed by atoms with Gasteiger partial charge in [0.2, 0.25) is 0 Å². The summed E-state index contributed by atoms with van der Waals surface area (Å²) < 4.78 is 12.7. The quantitative estimate of drug-likeness (QED) is 0.671. The molecule has 0 bridgehead atoms. The average molecular weight is 252 g/mol. The van der Waals surface area contributed by atoms with Gasteiger partial charge in [0, 0.05) is 18.7 Å². The standard InChI is InChI=1S/C13H17FN2O2/c14-9-2-5-11(12(17)8-9)13(18)16-7-1-6-15-10-3-4-10/h2,5,8,10,15,17H,1,3-4,6-7H2,(H,16,18). The largest absolute Gasteiger partial charge is 0.507 e. The monoisotopic (exact) mass is 252 g/mol. The molecule has 0 heterocycles. The second-order valence-electron chi connectivity index (χ2n) is 4.50. The van der Waals surface area contributed by atoms with Crippen LogP contribution in [0.2, 0.25) is 0 Å². The molecule has 1 aromatic rings. The van der Waals surface area contributed by atoms with Gasteiger partial charge in [0.15, 0.2) is 0 Å². The van der Waals surface area contributed by atoms with E-state index in [4.69, 9.17) is 0 Å². The van der Waals surface area contributed by atoms with Gasteiger partial charge < -0.3 is 15.7 Å². The molecule has 98 valence electrons. The number of benzene rings is 1. The van der Waals surface area contributed by atoms with Crippen molar-refractivity contribution in [1.82, 2.24) is 10.6 Å². The lowest BCUT2D eigenvalue weighted by molar-refractivity contribution is 0.0950. The molecule has 0 aromatic heterocycles. The number of halogens is 1. The van der Waals surface area contributed by atoms with Crippen LogP contribution in [0, 0.1) is 5.82 Å². The summed E-state index contributed by atoms with van der Waals surface area (Å²) in [5.74, 6) is -1.26. The van der Waals surface area contributed by atoms with Crippen LogP contribution in [-0.4, -0.2) is 30.1 Å². The lowest BCUT2D eigenvalue weighted by atomic mass is 10.2. The molecule has 1 amide bonds.